The second-order valence-electron chi connectivity index (χ2n) is 6.57. The molecule has 1 amide bonds. The molecule has 2 aliphatic rings. The standard InChI is InChI=1S/C18H26N2O3/c1-22-16-8-12-6-7-20(15-5-3-4-14(19)11-15)18(21)10-13(12)9-17(16)23-2/h8-9,14-15H,3-7,10-11,19H2,1-2H3. The Labute approximate surface area is 137 Å². The van der Waals surface area contributed by atoms with Gasteiger partial charge in [0.15, 0.2) is 11.5 Å². The highest BCUT2D eigenvalue weighted by molar-refractivity contribution is 5.80. The molecule has 0 spiro atoms. The van der Waals surface area contributed by atoms with Gasteiger partial charge in [0.05, 0.1) is 20.6 Å². The van der Waals surface area contributed by atoms with E-state index in [4.69, 9.17) is 15.2 Å². The van der Waals surface area contributed by atoms with E-state index in [1.165, 1.54) is 5.56 Å². The van der Waals surface area contributed by atoms with Crippen molar-refractivity contribution in [2.75, 3.05) is 20.8 Å². The fourth-order valence-corrected chi connectivity index (χ4v) is 3.86. The summed E-state index contributed by atoms with van der Waals surface area (Å²) in [5.41, 5.74) is 8.34. The van der Waals surface area contributed by atoms with Crippen molar-refractivity contribution in [1.82, 2.24) is 4.90 Å². The first-order valence-corrected chi connectivity index (χ1v) is 8.41. The van der Waals surface area contributed by atoms with Crippen LogP contribution in [0.1, 0.15) is 36.8 Å². The number of hydrogen-bond donors (Lipinski definition) is 1. The van der Waals surface area contributed by atoms with Crippen molar-refractivity contribution in [1.29, 1.82) is 0 Å². The lowest BCUT2D eigenvalue weighted by Crippen LogP contribution is -2.46. The van der Waals surface area contributed by atoms with Crippen molar-refractivity contribution in [3.8, 4) is 11.5 Å². The first-order valence-electron chi connectivity index (χ1n) is 8.41. The van der Waals surface area contributed by atoms with Gasteiger partial charge in [-0.1, -0.05) is 0 Å². The molecule has 1 saturated carbocycles. The lowest BCUT2D eigenvalue weighted by molar-refractivity contribution is -0.133. The first-order chi connectivity index (χ1) is 11.1. The van der Waals surface area contributed by atoms with Crippen molar-refractivity contribution in [2.24, 2.45) is 5.73 Å². The van der Waals surface area contributed by atoms with Gasteiger partial charge in [-0.25, -0.2) is 0 Å². The van der Waals surface area contributed by atoms with Crippen LogP contribution in [0.2, 0.25) is 0 Å². The lowest BCUT2D eigenvalue weighted by atomic mass is 9.90. The van der Waals surface area contributed by atoms with E-state index in [2.05, 4.69) is 4.90 Å². The third kappa shape index (κ3) is 3.29. The van der Waals surface area contributed by atoms with Crippen LogP contribution in [0.15, 0.2) is 12.1 Å². The van der Waals surface area contributed by atoms with E-state index in [9.17, 15) is 4.79 Å². The van der Waals surface area contributed by atoms with E-state index in [0.29, 0.717) is 18.2 Å². The van der Waals surface area contributed by atoms with Gasteiger partial charge in [-0.3, -0.25) is 4.79 Å². The van der Waals surface area contributed by atoms with Gasteiger partial charge >= 0.3 is 0 Å². The first kappa shape index (κ1) is 16.1. The van der Waals surface area contributed by atoms with Gasteiger partial charge in [0.2, 0.25) is 5.91 Å². The molecule has 0 aromatic heterocycles. The number of fused-ring (bicyclic) bond motifs is 1. The van der Waals surface area contributed by atoms with E-state index in [0.717, 1.165) is 50.0 Å². The summed E-state index contributed by atoms with van der Waals surface area (Å²) in [4.78, 5) is 14.8. The Hall–Kier alpha value is -1.75. The number of amides is 1. The van der Waals surface area contributed by atoms with Gasteiger partial charge in [0.25, 0.3) is 0 Å². The van der Waals surface area contributed by atoms with Crippen molar-refractivity contribution >= 4 is 5.91 Å². The average Bonchev–Trinajstić information content (AvgIpc) is 2.71. The Morgan fingerprint density at radius 1 is 1.13 bits per heavy atom. The maximum Gasteiger partial charge on any atom is 0.227 e. The lowest BCUT2D eigenvalue weighted by Gasteiger charge is -2.36. The van der Waals surface area contributed by atoms with Gasteiger partial charge in [-0.15, -0.1) is 0 Å². The van der Waals surface area contributed by atoms with Crippen molar-refractivity contribution in [2.45, 2.75) is 50.6 Å². The highest BCUT2D eigenvalue weighted by Gasteiger charge is 2.30. The van der Waals surface area contributed by atoms with Crippen LogP contribution in [0.4, 0.5) is 0 Å². The molecule has 2 N–H and O–H groups in total. The number of rotatable bonds is 3. The van der Waals surface area contributed by atoms with Gasteiger partial charge in [-0.2, -0.15) is 0 Å². The zero-order chi connectivity index (χ0) is 16.4. The van der Waals surface area contributed by atoms with Gasteiger partial charge in [0, 0.05) is 18.6 Å². The molecule has 23 heavy (non-hydrogen) atoms. The SMILES string of the molecule is COc1cc2c(cc1OC)CC(=O)N(C1CCCC(N)C1)CC2. The Kier molecular flexibility index (Phi) is 4.76. The summed E-state index contributed by atoms with van der Waals surface area (Å²) in [7, 11) is 3.26. The molecule has 0 saturated heterocycles. The third-order valence-corrected chi connectivity index (χ3v) is 5.12. The Morgan fingerprint density at radius 3 is 2.48 bits per heavy atom. The topological polar surface area (TPSA) is 64.8 Å². The number of carbonyl (C=O) groups is 1. The molecule has 126 valence electrons. The predicted molar refractivity (Wildman–Crippen MR) is 88.9 cm³/mol. The quantitative estimate of drug-likeness (QED) is 0.924. The Balaban J connectivity index is 1.83. The molecule has 1 aliphatic carbocycles. The number of hydrogen-bond acceptors (Lipinski definition) is 4. The maximum atomic E-state index is 12.8. The molecule has 2 atom stereocenters. The zero-order valence-corrected chi connectivity index (χ0v) is 14.0. The second-order valence-corrected chi connectivity index (χ2v) is 6.57. The fraction of sp³-hybridized carbons (Fsp3) is 0.611. The van der Waals surface area contributed by atoms with Crippen LogP contribution in [0.25, 0.3) is 0 Å². The van der Waals surface area contributed by atoms with E-state index < -0.39 is 0 Å². The molecule has 0 radical (unpaired) electrons. The minimum atomic E-state index is 0.204. The van der Waals surface area contributed by atoms with Crippen LogP contribution in [0.5, 0.6) is 11.5 Å². The smallest absolute Gasteiger partial charge is 0.227 e. The van der Waals surface area contributed by atoms with Crippen LogP contribution >= 0.6 is 0 Å². The highest BCUT2D eigenvalue weighted by atomic mass is 16.5. The monoisotopic (exact) mass is 318 g/mol. The fourth-order valence-electron chi connectivity index (χ4n) is 3.86. The van der Waals surface area contributed by atoms with Crippen LogP contribution in [0, 0.1) is 0 Å². The molecule has 0 bridgehead atoms. The largest absolute Gasteiger partial charge is 0.493 e. The van der Waals surface area contributed by atoms with Crippen molar-refractivity contribution in [3.05, 3.63) is 23.3 Å². The highest BCUT2D eigenvalue weighted by Crippen LogP contribution is 2.33. The second kappa shape index (κ2) is 6.79. The molecule has 1 aliphatic heterocycles. The van der Waals surface area contributed by atoms with Gasteiger partial charge in [0.1, 0.15) is 0 Å². The Morgan fingerprint density at radius 2 is 1.83 bits per heavy atom. The van der Waals surface area contributed by atoms with Gasteiger partial charge < -0.3 is 20.1 Å². The van der Waals surface area contributed by atoms with Crippen LogP contribution in [-0.4, -0.2) is 43.7 Å². The van der Waals surface area contributed by atoms with E-state index in [1.807, 2.05) is 12.1 Å². The zero-order valence-electron chi connectivity index (χ0n) is 14.0. The molecule has 1 heterocycles. The molecule has 5 nitrogen and oxygen atoms in total. The average molecular weight is 318 g/mol. The minimum Gasteiger partial charge on any atom is -0.493 e. The van der Waals surface area contributed by atoms with Crippen molar-refractivity contribution in [3.63, 3.8) is 0 Å². The summed E-state index contributed by atoms with van der Waals surface area (Å²) in [5.74, 6) is 1.62. The van der Waals surface area contributed by atoms with Crippen LogP contribution < -0.4 is 15.2 Å². The number of methoxy groups -OCH3 is 2. The summed E-state index contributed by atoms with van der Waals surface area (Å²) < 4.78 is 10.8. The van der Waals surface area contributed by atoms with E-state index in [-0.39, 0.29) is 11.9 Å². The minimum absolute atomic E-state index is 0.204. The molecule has 1 aromatic carbocycles. The maximum absolute atomic E-state index is 12.8. The summed E-state index contributed by atoms with van der Waals surface area (Å²) in [6, 6.07) is 4.48. The number of carbonyl (C=O) groups excluding carboxylic acids is 1. The van der Waals surface area contributed by atoms with Crippen LogP contribution in [0.3, 0.4) is 0 Å². The summed E-state index contributed by atoms with van der Waals surface area (Å²) in [6.07, 6.45) is 5.48. The number of ether oxygens (including phenoxy) is 2. The summed E-state index contributed by atoms with van der Waals surface area (Å²) in [5, 5.41) is 0. The summed E-state index contributed by atoms with van der Waals surface area (Å²) in [6.45, 7) is 0.763. The predicted octanol–water partition coefficient (Wildman–Crippen LogP) is 1.90. The van der Waals surface area contributed by atoms with Crippen molar-refractivity contribution < 1.29 is 14.3 Å². The molecule has 1 fully saturated rings. The Bertz CT molecular complexity index is 588. The van der Waals surface area contributed by atoms with E-state index in [1.54, 1.807) is 14.2 Å². The molecule has 5 heteroatoms. The van der Waals surface area contributed by atoms with E-state index >= 15 is 0 Å². The molecule has 2 unspecified atom stereocenters. The summed E-state index contributed by atoms with van der Waals surface area (Å²) >= 11 is 0. The molecule has 3 rings (SSSR count). The normalized spacial score (nSPS) is 24.8. The molecule has 1 aromatic rings. The van der Waals surface area contributed by atoms with Gasteiger partial charge in [-0.05, 0) is 55.4 Å². The third-order valence-electron chi connectivity index (χ3n) is 5.12. The molecular weight excluding hydrogens is 292 g/mol. The number of nitrogens with zero attached hydrogens (tertiary/aromatic N) is 1. The van der Waals surface area contributed by atoms with Crippen LogP contribution in [-0.2, 0) is 17.6 Å². The molecular formula is C18H26N2O3. The number of nitrogens with two attached hydrogens (primary N) is 1. The number of benzene rings is 1.